The Balaban J connectivity index is 2.11. The highest BCUT2D eigenvalue weighted by molar-refractivity contribution is 5.92. The second-order valence-corrected chi connectivity index (χ2v) is 5.39. The van der Waals surface area contributed by atoms with Crippen LogP contribution in [0.1, 0.15) is 37.7 Å². The third-order valence-electron chi connectivity index (χ3n) is 3.81. The fourth-order valence-electron chi connectivity index (χ4n) is 2.03. The molecule has 1 amide bonds. The SMILES string of the molecule is CCC(C)C(C)NC(=O)c1ccn(-c2cccc(N)c2)n1. The molecule has 0 aliphatic heterocycles. The van der Waals surface area contributed by atoms with Gasteiger partial charge in [0.15, 0.2) is 5.69 Å². The maximum absolute atomic E-state index is 12.2. The average Bonchev–Trinajstić information content (AvgIpc) is 2.96. The molecule has 2 atom stereocenters. The highest BCUT2D eigenvalue weighted by atomic mass is 16.2. The molecule has 0 aliphatic carbocycles. The van der Waals surface area contributed by atoms with Crippen LogP contribution >= 0.6 is 0 Å². The highest BCUT2D eigenvalue weighted by Gasteiger charge is 2.16. The van der Waals surface area contributed by atoms with E-state index in [2.05, 4.69) is 24.3 Å². The first-order valence-corrected chi connectivity index (χ1v) is 7.23. The van der Waals surface area contributed by atoms with E-state index in [9.17, 15) is 4.79 Å². The number of anilines is 1. The van der Waals surface area contributed by atoms with Crippen LogP contribution in [0.5, 0.6) is 0 Å². The number of amides is 1. The molecule has 0 fully saturated rings. The number of nitrogens with zero attached hydrogens (tertiary/aromatic N) is 2. The molecule has 2 rings (SSSR count). The Morgan fingerprint density at radius 2 is 2.14 bits per heavy atom. The quantitative estimate of drug-likeness (QED) is 0.830. The van der Waals surface area contributed by atoms with Crippen LogP contribution in [-0.2, 0) is 0 Å². The monoisotopic (exact) mass is 286 g/mol. The van der Waals surface area contributed by atoms with Crippen molar-refractivity contribution in [2.45, 2.75) is 33.2 Å². The largest absolute Gasteiger partial charge is 0.399 e. The van der Waals surface area contributed by atoms with Gasteiger partial charge < -0.3 is 11.1 Å². The summed E-state index contributed by atoms with van der Waals surface area (Å²) >= 11 is 0. The number of hydrogen-bond donors (Lipinski definition) is 2. The zero-order chi connectivity index (χ0) is 15.4. The van der Waals surface area contributed by atoms with Gasteiger partial charge in [0.1, 0.15) is 0 Å². The van der Waals surface area contributed by atoms with Crippen molar-refractivity contribution in [3.05, 3.63) is 42.2 Å². The number of hydrogen-bond acceptors (Lipinski definition) is 3. The summed E-state index contributed by atoms with van der Waals surface area (Å²) in [7, 11) is 0. The van der Waals surface area contributed by atoms with Crippen LogP contribution in [0.3, 0.4) is 0 Å². The van der Waals surface area contributed by atoms with Gasteiger partial charge in [0.2, 0.25) is 0 Å². The Hall–Kier alpha value is -2.30. The van der Waals surface area contributed by atoms with E-state index in [-0.39, 0.29) is 11.9 Å². The normalized spacial score (nSPS) is 13.7. The third kappa shape index (κ3) is 3.62. The van der Waals surface area contributed by atoms with E-state index < -0.39 is 0 Å². The van der Waals surface area contributed by atoms with Gasteiger partial charge in [-0.15, -0.1) is 0 Å². The lowest BCUT2D eigenvalue weighted by Gasteiger charge is -2.19. The van der Waals surface area contributed by atoms with E-state index in [0.717, 1.165) is 12.1 Å². The van der Waals surface area contributed by atoms with E-state index in [1.54, 1.807) is 16.9 Å². The molecule has 1 heterocycles. The molecule has 0 bridgehead atoms. The average molecular weight is 286 g/mol. The molecule has 0 radical (unpaired) electrons. The fourth-order valence-corrected chi connectivity index (χ4v) is 2.03. The van der Waals surface area contributed by atoms with E-state index in [0.29, 0.717) is 17.3 Å². The maximum atomic E-state index is 12.2. The highest BCUT2D eigenvalue weighted by Crippen LogP contribution is 2.12. The number of rotatable bonds is 5. The van der Waals surface area contributed by atoms with Crippen LogP contribution in [0.4, 0.5) is 5.69 Å². The second-order valence-electron chi connectivity index (χ2n) is 5.39. The van der Waals surface area contributed by atoms with Gasteiger partial charge in [0.25, 0.3) is 5.91 Å². The van der Waals surface area contributed by atoms with Gasteiger partial charge in [-0.05, 0) is 37.1 Å². The van der Waals surface area contributed by atoms with Gasteiger partial charge in [-0.2, -0.15) is 5.10 Å². The van der Waals surface area contributed by atoms with Crippen molar-refractivity contribution in [1.82, 2.24) is 15.1 Å². The van der Waals surface area contributed by atoms with E-state index >= 15 is 0 Å². The molecule has 2 unspecified atom stereocenters. The summed E-state index contributed by atoms with van der Waals surface area (Å²) in [5, 5.41) is 7.29. The lowest BCUT2D eigenvalue weighted by Crippen LogP contribution is -2.37. The number of aromatic nitrogens is 2. The van der Waals surface area contributed by atoms with Gasteiger partial charge in [-0.3, -0.25) is 4.79 Å². The Morgan fingerprint density at radius 1 is 1.38 bits per heavy atom. The Bertz CT molecular complexity index is 620. The molecule has 112 valence electrons. The summed E-state index contributed by atoms with van der Waals surface area (Å²) < 4.78 is 1.65. The summed E-state index contributed by atoms with van der Waals surface area (Å²) in [6.45, 7) is 6.25. The predicted molar refractivity (Wildman–Crippen MR) is 84.4 cm³/mol. The van der Waals surface area contributed by atoms with Crippen molar-refractivity contribution in [2.75, 3.05) is 5.73 Å². The number of nitrogens with one attached hydrogen (secondary N) is 1. The van der Waals surface area contributed by atoms with Crippen LogP contribution in [0.2, 0.25) is 0 Å². The van der Waals surface area contributed by atoms with E-state index in [4.69, 9.17) is 5.73 Å². The molecule has 1 aromatic carbocycles. The maximum Gasteiger partial charge on any atom is 0.272 e. The summed E-state index contributed by atoms with van der Waals surface area (Å²) in [5.41, 5.74) is 7.67. The smallest absolute Gasteiger partial charge is 0.272 e. The second kappa shape index (κ2) is 6.43. The molecular formula is C16H22N4O. The van der Waals surface area contributed by atoms with Crippen molar-refractivity contribution < 1.29 is 4.79 Å². The summed E-state index contributed by atoms with van der Waals surface area (Å²) in [4.78, 5) is 12.2. The van der Waals surface area contributed by atoms with Gasteiger partial charge >= 0.3 is 0 Å². The van der Waals surface area contributed by atoms with E-state index in [1.807, 2.05) is 31.2 Å². The Morgan fingerprint density at radius 3 is 2.81 bits per heavy atom. The zero-order valence-corrected chi connectivity index (χ0v) is 12.7. The third-order valence-corrected chi connectivity index (χ3v) is 3.81. The van der Waals surface area contributed by atoms with Crippen molar-refractivity contribution >= 4 is 11.6 Å². The lowest BCUT2D eigenvalue weighted by atomic mass is 10.0. The minimum Gasteiger partial charge on any atom is -0.399 e. The number of carbonyl (C=O) groups excluding carboxylic acids is 1. The van der Waals surface area contributed by atoms with Crippen LogP contribution in [0.25, 0.3) is 5.69 Å². The molecule has 0 aliphatic rings. The zero-order valence-electron chi connectivity index (χ0n) is 12.7. The van der Waals surface area contributed by atoms with Crippen molar-refractivity contribution in [3.63, 3.8) is 0 Å². The van der Waals surface area contributed by atoms with E-state index in [1.165, 1.54) is 0 Å². The first-order valence-electron chi connectivity index (χ1n) is 7.23. The van der Waals surface area contributed by atoms with Gasteiger partial charge in [0, 0.05) is 17.9 Å². The standard InChI is InChI=1S/C16H22N4O/c1-4-11(2)12(3)18-16(21)15-8-9-20(19-15)14-7-5-6-13(17)10-14/h5-12H,4,17H2,1-3H3,(H,18,21). The number of nitrogens with two attached hydrogens (primary N) is 1. The molecule has 5 heteroatoms. The van der Waals surface area contributed by atoms with Gasteiger partial charge in [-0.1, -0.05) is 26.3 Å². The fraction of sp³-hybridized carbons (Fsp3) is 0.375. The van der Waals surface area contributed by atoms with Crippen LogP contribution in [0, 0.1) is 5.92 Å². The minimum atomic E-state index is -0.148. The Labute approximate surface area is 125 Å². The van der Waals surface area contributed by atoms with Crippen molar-refractivity contribution in [1.29, 1.82) is 0 Å². The van der Waals surface area contributed by atoms with Crippen LogP contribution in [0.15, 0.2) is 36.5 Å². The molecule has 5 nitrogen and oxygen atoms in total. The van der Waals surface area contributed by atoms with Crippen molar-refractivity contribution in [3.8, 4) is 5.69 Å². The lowest BCUT2D eigenvalue weighted by molar-refractivity contribution is 0.0922. The van der Waals surface area contributed by atoms with Crippen LogP contribution in [-0.4, -0.2) is 21.7 Å². The molecule has 0 spiro atoms. The first kappa shape index (κ1) is 15.1. The molecule has 0 saturated heterocycles. The summed E-state index contributed by atoms with van der Waals surface area (Å²) in [6, 6.07) is 9.22. The summed E-state index contributed by atoms with van der Waals surface area (Å²) in [5.74, 6) is 0.287. The number of nitrogen functional groups attached to an aromatic ring is 1. The molecule has 21 heavy (non-hydrogen) atoms. The predicted octanol–water partition coefficient (Wildman–Crippen LogP) is 2.62. The first-order chi connectivity index (χ1) is 10.0. The topological polar surface area (TPSA) is 72.9 Å². The Kier molecular flexibility index (Phi) is 4.62. The minimum absolute atomic E-state index is 0.125. The molecule has 0 saturated carbocycles. The molecular weight excluding hydrogens is 264 g/mol. The number of carbonyl (C=O) groups is 1. The van der Waals surface area contributed by atoms with Crippen LogP contribution < -0.4 is 11.1 Å². The summed E-state index contributed by atoms with van der Waals surface area (Å²) in [6.07, 6.45) is 2.79. The van der Waals surface area contributed by atoms with Gasteiger partial charge in [0.05, 0.1) is 5.69 Å². The van der Waals surface area contributed by atoms with Crippen molar-refractivity contribution in [2.24, 2.45) is 5.92 Å². The molecule has 3 N–H and O–H groups in total. The molecule has 1 aromatic heterocycles. The molecule has 2 aromatic rings. The van der Waals surface area contributed by atoms with Gasteiger partial charge in [-0.25, -0.2) is 4.68 Å². The number of benzene rings is 1.